The van der Waals surface area contributed by atoms with Crippen LogP contribution in [0.4, 0.5) is 0 Å². The molecule has 164 valence electrons. The largest absolute Gasteiger partial charge is 0.339 e. The molecule has 3 rings (SSSR count). The zero-order chi connectivity index (χ0) is 22.2. The van der Waals surface area contributed by atoms with Crippen molar-refractivity contribution in [2.75, 3.05) is 20.6 Å². The molecule has 0 aliphatic heterocycles. The lowest BCUT2D eigenvalue weighted by molar-refractivity contribution is 0.0689. The van der Waals surface area contributed by atoms with Crippen molar-refractivity contribution >= 4 is 17.5 Å². The number of amides is 1. The van der Waals surface area contributed by atoms with Crippen LogP contribution in [0.25, 0.3) is 0 Å². The average Bonchev–Trinajstić information content (AvgIpc) is 2.79. The molecule has 4 nitrogen and oxygen atoms in total. The van der Waals surface area contributed by atoms with Crippen molar-refractivity contribution in [3.8, 4) is 6.07 Å². The second kappa shape index (κ2) is 11.3. The first-order chi connectivity index (χ1) is 15.0. The van der Waals surface area contributed by atoms with Crippen LogP contribution in [0.2, 0.25) is 5.02 Å². The van der Waals surface area contributed by atoms with Crippen LogP contribution in [0.3, 0.4) is 0 Å². The normalized spacial score (nSPS) is 18.5. The molecule has 0 aromatic heterocycles. The second-order valence-electron chi connectivity index (χ2n) is 8.67. The van der Waals surface area contributed by atoms with Gasteiger partial charge in [0.2, 0.25) is 0 Å². The van der Waals surface area contributed by atoms with Crippen LogP contribution < -0.4 is 0 Å². The highest BCUT2D eigenvalue weighted by Crippen LogP contribution is 2.35. The first-order valence-corrected chi connectivity index (χ1v) is 11.5. The van der Waals surface area contributed by atoms with Gasteiger partial charge in [0, 0.05) is 36.6 Å². The zero-order valence-electron chi connectivity index (χ0n) is 18.6. The Morgan fingerprint density at radius 3 is 2.29 bits per heavy atom. The van der Waals surface area contributed by atoms with E-state index < -0.39 is 0 Å². The molecule has 1 fully saturated rings. The second-order valence-corrected chi connectivity index (χ2v) is 9.11. The molecular weight excluding hydrogens is 406 g/mol. The van der Waals surface area contributed by atoms with Gasteiger partial charge in [0.25, 0.3) is 5.91 Å². The van der Waals surface area contributed by atoms with Gasteiger partial charge in [0.1, 0.15) is 0 Å². The third-order valence-electron chi connectivity index (χ3n) is 6.39. The highest BCUT2D eigenvalue weighted by molar-refractivity contribution is 6.30. The van der Waals surface area contributed by atoms with Gasteiger partial charge in [0.15, 0.2) is 0 Å². The molecule has 0 heterocycles. The number of carbonyl (C=O) groups is 1. The van der Waals surface area contributed by atoms with Crippen molar-refractivity contribution in [3.05, 3.63) is 70.2 Å². The molecule has 0 N–H and O–H groups in total. The van der Waals surface area contributed by atoms with Crippen LogP contribution in [0.15, 0.2) is 48.5 Å². The summed E-state index contributed by atoms with van der Waals surface area (Å²) in [6, 6.07) is 18.6. The van der Waals surface area contributed by atoms with Gasteiger partial charge in [-0.3, -0.25) is 4.79 Å². The highest BCUT2D eigenvalue weighted by atomic mass is 35.5. The lowest BCUT2D eigenvalue weighted by atomic mass is 9.81. The molecule has 1 aliphatic rings. The molecular formula is C26H32ClN3O. The number of hydrogen-bond donors (Lipinski definition) is 0. The first-order valence-electron chi connectivity index (χ1n) is 11.1. The standard InChI is InChI=1S/C26H32ClN3O/c1-29(18-4-3-17-28)19-20-5-7-21(8-6-20)22-11-15-25(16-12-22)30(2)26(31)23-9-13-24(27)14-10-23/h5-10,13-14,22,25H,3-4,11-12,15-16,18-19H2,1-2H3/t22-,25-. The number of carbonyl (C=O) groups excluding carboxylic acids is 1. The Hall–Kier alpha value is -2.35. The van der Waals surface area contributed by atoms with Crippen LogP contribution in [0.5, 0.6) is 0 Å². The summed E-state index contributed by atoms with van der Waals surface area (Å²) in [4.78, 5) is 17.0. The molecule has 1 saturated carbocycles. The minimum atomic E-state index is 0.0726. The maximum absolute atomic E-state index is 12.8. The van der Waals surface area contributed by atoms with E-state index >= 15 is 0 Å². The summed E-state index contributed by atoms with van der Waals surface area (Å²) in [5, 5.41) is 9.32. The van der Waals surface area contributed by atoms with Crippen molar-refractivity contribution in [2.24, 2.45) is 0 Å². The minimum absolute atomic E-state index is 0.0726. The van der Waals surface area contributed by atoms with E-state index in [1.165, 1.54) is 11.1 Å². The Morgan fingerprint density at radius 2 is 1.68 bits per heavy atom. The van der Waals surface area contributed by atoms with Gasteiger partial charge in [-0.2, -0.15) is 5.26 Å². The van der Waals surface area contributed by atoms with Crippen molar-refractivity contribution in [1.29, 1.82) is 5.26 Å². The third-order valence-corrected chi connectivity index (χ3v) is 6.64. The summed E-state index contributed by atoms with van der Waals surface area (Å²) < 4.78 is 0. The van der Waals surface area contributed by atoms with E-state index in [4.69, 9.17) is 16.9 Å². The number of unbranched alkanes of at least 4 members (excludes halogenated alkanes) is 1. The van der Waals surface area contributed by atoms with Gasteiger partial charge in [-0.15, -0.1) is 0 Å². The molecule has 0 saturated heterocycles. The van der Waals surface area contributed by atoms with Crippen molar-refractivity contribution in [1.82, 2.24) is 9.80 Å². The predicted octanol–water partition coefficient (Wildman–Crippen LogP) is 5.87. The van der Waals surface area contributed by atoms with Gasteiger partial charge < -0.3 is 9.80 Å². The van der Waals surface area contributed by atoms with Crippen molar-refractivity contribution in [3.63, 3.8) is 0 Å². The molecule has 1 aliphatic carbocycles. The molecule has 0 radical (unpaired) electrons. The van der Waals surface area contributed by atoms with Gasteiger partial charge >= 0.3 is 0 Å². The number of rotatable bonds is 8. The summed E-state index contributed by atoms with van der Waals surface area (Å²) in [6.07, 6.45) is 5.82. The molecule has 2 aromatic rings. The summed E-state index contributed by atoms with van der Waals surface area (Å²) in [7, 11) is 4.03. The topological polar surface area (TPSA) is 47.3 Å². The van der Waals surface area contributed by atoms with E-state index in [9.17, 15) is 4.79 Å². The Balaban J connectivity index is 1.49. The van der Waals surface area contributed by atoms with Crippen LogP contribution in [0.1, 0.15) is 65.9 Å². The summed E-state index contributed by atoms with van der Waals surface area (Å²) in [5.74, 6) is 0.640. The fourth-order valence-corrected chi connectivity index (χ4v) is 4.60. The molecule has 5 heteroatoms. The monoisotopic (exact) mass is 437 g/mol. The van der Waals surface area contributed by atoms with Crippen LogP contribution in [0, 0.1) is 11.3 Å². The molecule has 0 unspecified atom stereocenters. The van der Waals surface area contributed by atoms with Crippen LogP contribution in [-0.4, -0.2) is 42.4 Å². The fraction of sp³-hybridized carbons (Fsp3) is 0.462. The number of nitriles is 1. The molecule has 0 bridgehead atoms. The Kier molecular flexibility index (Phi) is 8.51. The average molecular weight is 438 g/mol. The van der Waals surface area contributed by atoms with E-state index in [-0.39, 0.29) is 5.91 Å². The third kappa shape index (κ3) is 6.56. The number of benzene rings is 2. The summed E-state index contributed by atoms with van der Waals surface area (Å²) in [6.45, 7) is 1.86. The van der Waals surface area contributed by atoms with Gasteiger partial charge in [-0.05, 0) is 87.0 Å². The van der Waals surface area contributed by atoms with Crippen LogP contribution >= 0.6 is 11.6 Å². The number of nitrogens with zero attached hydrogens (tertiary/aromatic N) is 3. The number of hydrogen-bond acceptors (Lipinski definition) is 3. The zero-order valence-corrected chi connectivity index (χ0v) is 19.3. The molecule has 0 spiro atoms. The van der Waals surface area contributed by atoms with E-state index in [1.807, 2.05) is 11.9 Å². The first kappa shape index (κ1) is 23.3. The van der Waals surface area contributed by atoms with E-state index in [0.717, 1.165) is 45.2 Å². The Morgan fingerprint density at radius 1 is 1.03 bits per heavy atom. The minimum Gasteiger partial charge on any atom is -0.339 e. The Labute approximate surface area is 191 Å². The molecule has 0 atom stereocenters. The van der Waals surface area contributed by atoms with Gasteiger partial charge in [0.05, 0.1) is 6.07 Å². The van der Waals surface area contributed by atoms with E-state index in [2.05, 4.69) is 42.3 Å². The highest BCUT2D eigenvalue weighted by Gasteiger charge is 2.27. The SMILES string of the molecule is CN(CCCC#N)Cc1ccc([C@H]2CC[C@H](N(C)C(=O)c3ccc(Cl)cc3)CC2)cc1. The van der Waals surface area contributed by atoms with Crippen molar-refractivity contribution < 1.29 is 4.79 Å². The predicted molar refractivity (Wildman–Crippen MR) is 126 cm³/mol. The van der Waals surface area contributed by atoms with Gasteiger partial charge in [-0.1, -0.05) is 35.9 Å². The summed E-state index contributed by atoms with van der Waals surface area (Å²) >= 11 is 5.94. The fourth-order valence-electron chi connectivity index (χ4n) is 4.47. The maximum atomic E-state index is 12.8. The smallest absolute Gasteiger partial charge is 0.253 e. The number of halogens is 1. The summed E-state index contributed by atoms with van der Waals surface area (Å²) in [5.41, 5.74) is 3.41. The van der Waals surface area contributed by atoms with Gasteiger partial charge in [-0.25, -0.2) is 0 Å². The maximum Gasteiger partial charge on any atom is 0.253 e. The molecule has 2 aromatic carbocycles. The molecule has 1 amide bonds. The molecule has 31 heavy (non-hydrogen) atoms. The Bertz CT molecular complexity index is 880. The lowest BCUT2D eigenvalue weighted by Crippen LogP contribution is -2.39. The van der Waals surface area contributed by atoms with Crippen LogP contribution in [-0.2, 0) is 6.54 Å². The lowest BCUT2D eigenvalue weighted by Gasteiger charge is -2.35. The van der Waals surface area contributed by atoms with Crippen molar-refractivity contribution in [2.45, 2.75) is 57.0 Å². The quantitative estimate of drug-likeness (QED) is 0.485. The van der Waals surface area contributed by atoms with E-state index in [0.29, 0.717) is 29.0 Å². The van der Waals surface area contributed by atoms with E-state index in [1.54, 1.807) is 24.3 Å².